The number of carbonyl (C=O) groups excluding carboxylic acids is 1. The average Bonchev–Trinajstić information content (AvgIpc) is 2.64. The second-order valence-electron chi connectivity index (χ2n) is 5.47. The van der Waals surface area contributed by atoms with Gasteiger partial charge < -0.3 is 4.18 Å². The highest BCUT2D eigenvalue weighted by Gasteiger charge is 2.19. The molecule has 8 heteroatoms. The van der Waals surface area contributed by atoms with E-state index in [9.17, 15) is 26.4 Å². The van der Waals surface area contributed by atoms with E-state index in [1.807, 2.05) is 0 Å². The Hall–Kier alpha value is -3.13. The molecule has 0 atom stereocenters. The molecule has 0 amide bonds. The maximum atomic E-state index is 13.2. The largest absolute Gasteiger partial charge is 0.379 e. The fourth-order valence-corrected chi connectivity index (χ4v) is 3.18. The summed E-state index contributed by atoms with van der Waals surface area (Å²) in [6, 6.07) is 12.2. The highest BCUT2D eigenvalue weighted by atomic mass is 32.2. The molecule has 0 aliphatic carbocycles. The van der Waals surface area contributed by atoms with Gasteiger partial charge in [0, 0.05) is 11.1 Å². The first kappa shape index (κ1) is 18.7. The van der Waals surface area contributed by atoms with Crippen molar-refractivity contribution in [1.82, 2.24) is 0 Å². The number of hydrogen-bond acceptors (Lipinski definition) is 4. The van der Waals surface area contributed by atoms with Crippen molar-refractivity contribution < 1.29 is 30.6 Å². The zero-order valence-corrected chi connectivity index (χ0v) is 14.3. The third-order valence-electron chi connectivity index (χ3n) is 3.61. The molecule has 0 aromatic heterocycles. The van der Waals surface area contributed by atoms with Gasteiger partial charge in [-0.2, -0.15) is 8.42 Å². The molecule has 3 aromatic carbocycles. The SMILES string of the molecule is O=C(c1ccc(F)cc1)c1ccc(OS(=O)(=O)c2ccc(F)c(F)c2)cc1. The molecule has 3 rings (SSSR count). The highest BCUT2D eigenvalue weighted by molar-refractivity contribution is 7.87. The first-order valence-electron chi connectivity index (χ1n) is 7.56. The van der Waals surface area contributed by atoms with Gasteiger partial charge in [0.05, 0.1) is 0 Å². The molecule has 4 nitrogen and oxygen atoms in total. The van der Waals surface area contributed by atoms with Crippen LogP contribution < -0.4 is 4.18 Å². The predicted molar refractivity (Wildman–Crippen MR) is 90.4 cm³/mol. The lowest BCUT2D eigenvalue weighted by atomic mass is 10.0. The Morgan fingerprint density at radius 3 is 1.85 bits per heavy atom. The molecular weight excluding hydrogens is 381 g/mol. The van der Waals surface area contributed by atoms with Crippen LogP contribution in [0.15, 0.2) is 71.6 Å². The van der Waals surface area contributed by atoms with E-state index in [1.165, 1.54) is 36.4 Å². The molecule has 0 aliphatic rings. The first-order valence-corrected chi connectivity index (χ1v) is 8.97. The van der Waals surface area contributed by atoms with Gasteiger partial charge in [-0.15, -0.1) is 0 Å². The van der Waals surface area contributed by atoms with Gasteiger partial charge in [0.25, 0.3) is 0 Å². The molecule has 0 radical (unpaired) electrons. The van der Waals surface area contributed by atoms with Crippen molar-refractivity contribution >= 4 is 15.9 Å². The van der Waals surface area contributed by atoms with Crippen molar-refractivity contribution in [1.29, 1.82) is 0 Å². The predicted octanol–water partition coefficient (Wildman–Crippen LogP) is 4.10. The Bertz CT molecular complexity index is 1090. The van der Waals surface area contributed by atoms with Gasteiger partial charge in [0.1, 0.15) is 16.5 Å². The highest BCUT2D eigenvalue weighted by Crippen LogP contribution is 2.21. The smallest absolute Gasteiger partial charge is 0.339 e. The molecule has 0 unspecified atom stereocenters. The van der Waals surface area contributed by atoms with Crippen LogP contribution in [0.2, 0.25) is 0 Å². The molecule has 0 heterocycles. The maximum Gasteiger partial charge on any atom is 0.339 e. The second kappa shape index (κ2) is 7.24. The van der Waals surface area contributed by atoms with E-state index in [-0.39, 0.29) is 22.7 Å². The fraction of sp³-hybridized carbons (Fsp3) is 0. The van der Waals surface area contributed by atoms with Crippen LogP contribution in [-0.4, -0.2) is 14.2 Å². The Balaban J connectivity index is 1.79. The van der Waals surface area contributed by atoms with Crippen molar-refractivity contribution in [2.45, 2.75) is 4.90 Å². The van der Waals surface area contributed by atoms with E-state index in [1.54, 1.807) is 0 Å². The Labute approximate surface area is 153 Å². The summed E-state index contributed by atoms with van der Waals surface area (Å²) in [7, 11) is -4.38. The van der Waals surface area contributed by atoms with Crippen LogP contribution in [0.25, 0.3) is 0 Å². The van der Waals surface area contributed by atoms with E-state index in [0.717, 1.165) is 18.2 Å². The molecule has 27 heavy (non-hydrogen) atoms. The number of hydrogen-bond donors (Lipinski definition) is 0. The Morgan fingerprint density at radius 1 is 0.741 bits per heavy atom. The fourth-order valence-electron chi connectivity index (χ4n) is 2.24. The third kappa shape index (κ3) is 4.17. The van der Waals surface area contributed by atoms with E-state index in [2.05, 4.69) is 0 Å². The Kier molecular flexibility index (Phi) is 5.00. The van der Waals surface area contributed by atoms with Gasteiger partial charge >= 0.3 is 10.1 Å². The molecule has 0 fully saturated rings. The molecule has 0 aliphatic heterocycles. The summed E-state index contributed by atoms with van der Waals surface area (Å²) in [6.45, 7) is 0. The molecule has 138 valence electrons. The molecule has 3 aromatic rings. The van der Waals surface area contributed by atoms with Crippen molar-refractivity contribution in [3.05, 3.63) is 95.3 Å². The van der Waals surface area contributed by atoms with Crippen molar-refractivity contribution in [2.24, 2.45) is 0 Å². The van der Waals surface area contributed by atoms with Crippen LogP contribution in [0.4, 0.5) is 13.2 Å². The molecule has 0 saturated carbocycles. The summed E-state index contributed by atoms with van der Waals surface area (Å²) < 4.78 is 68.2. The minimum Gasteiger partial charge on any atom is -0.379 e. The van der Waals surface area contributed by atoms with Gasteiger partial charge in [-0.1, -0.05) is 0 Å². The number of halogens is 3. The van der Waals surface area contributed by atoms with Crippen LogP contribution in [-0.2, 0) is 10.1 Å². The third-order valence-corrected chi connectivity index (χ3v) is 4.85. The van der Waals surface area contributed by atoms with E-state index < -0.39 is 32.5 Å². The minimum absolute atomic E-state index is 0.115. The standard InChI is InChI=1S/C19H11F3O4S/c20-14-5-1-12(2-6-14)19(23)13-3-7-15(8-4-13)26-27(24,25)16-9-10-17(21)18(22)11-16/h1-11H. The number of ketones is 1. The molecular formula is C19H11F3O4S. The molecule has 0 saturated heterocycles. The van der Waals surface area contributed by atoms with Gasteiger partial charge in [-0.25, -0.2) is 13.2 Å². The number of carbonyl (C=O) groups is 1. The average molecular weight is 392 g/mol. The maximum absolute atomic E-state index is 13.2. The number of benzene rings is 3. The monoisotopic (exact) mass is 392 g/mol. The van der Waals surface area contributed by atoms with Crippen LogP contribution >= 0.6 is 0 Å². The van der Waals surface area contributed by atoms with Crippen molar-refractivity contribution in [2.75, 3.05) is 0 Å². The van der Waals surface area contributed by atoms with Crippen molar-refractivity contribution in [3.63, 3.8) is 0 Å². The molecule has 0 N–H and O–H groups in total. The van der Waals surface area contributed by atoms with Crippen LogP contribution in [0.1, 0.15) is 15.9 Å². The van der Waals surface area contributed by atoms with Gasteiger partial charge in [0.15, 0.2) is 17.4 Å². The summed E-state index contributed by atoms with van der Waals surface area (Å²) in [4.78, 5) is 11.7. The molecule has 0 bridgehead atoms. The van der Waals surface area contributed by atoms with Gasteiger partial charge in [-0.05, 0) is 66.7 Å². The number of rotatable bonds is 5. The summed E-state index contributed by atoms with van der Waals surface area (Å²) in [6.07, 6.45) is 0. The zero-order valence-electron chi connectivity index (χ0n) is 13.5. The quantitative estimate of drug-likeness (QED) is 0.485. The zero-order chi connectivity index (χ0) is 19.6. The second-order valence-corrected chi connectivity index (χ2v) is 7.02. The van der Waals surface area contributed by atoms with E-state index >= 15 is 0 Å². The van der Waals surface area contributed by atoms with E-state index in [0.29, 0.717) is 12.1 Å². The van der Waals surface area contributed by atoms with E-state index in [4.69, 9.17) is 4.18 Å². The topological polar surface area (TPSA) is 60.4 Å². The van der Waals surface area contributed by atoms with Crippen LogP contribution in [0.5, 0.6) is 5.75 Å². The normalized spacial score (nSPS) is 11.2. The lowest BCUT2D eigenvalue weighted by Gasteiger charge is -2.08. The van der Waals surface area contributed by atoms with Crippen LogP contribution in [0, 0.1) is 17.5 Å². The molecule has 0 spiro atoms. The van der Waals surface area contributed by atoms with Gasteiger partial charge in [-0.3, -0.25) is 4.79 Å². The first-order chi connectivity index (χ1) is 12.8. The van der Waals surface area contributed by atoms with Crippen molar-refractivity contribution in [3.8, 4) is 5.75 Å². The summed E-state index contributed by atoms with van der Waals surface area (Å²) in [5, 5.41) is 0. The van der Waals surface area contributed by atoms with Crippen LogP contribution in [0.3, 0.4) is 0 Å². The minimum atomic E-state index is -4.38. The lowest BCUT2D eigenvalue weighted by Crippen LogP contribution is -2.10. The van der Waals surface area contributed by atoms with Gasteiger partial charge in [0.2, 0.25) is 0 Å². The summed E-state index contributed by atoms with van der Waals surface area (Å²) in [5.74, 6) is -3.48. The summed E-state index contributed by atoms with van der Waals surface area (Å²) >= 11 is 0. The Morgan fingerprint density at radius 2 is 1.30 bits per heavy atom. The summed E-state index contributed by atoms with van der Waals surface area (Å²) in [5.41, 5.74) is 0.499. The lowest BCUT2D eigenvalue weighted by molar-refractivity contribution is 0.103.